The molecule has 0 radical (unpaired) electrons. The van der Waals surface area contributed by atoms with E-state index in [4.69, 9.17) is 4.74 Å². The molecule has 0 unspecified atom stereocenters. The standard InChI is InChI=1S/C25H25N5O2S/c1-4-32-22-9-7-21(8-10-22)30-24(19-11-13-26-14-12-19)28-29-25(30)33-16-23(31)27-20-6-5-17(2)18(3)15-20/h5-15H,4,16H2,1-3H3,(H,27,31). The van der Waals surface area contributed by atoms with Crippen molar-refractivity contribution < 1.29 is 9.53 Å². The van der Waals surface area contributed by atoms with Gasteiger partial charge in [-0.25, -0.2) is 0 Å². The van der Waals surface area contributed by atoms with Crippen LogP contribution in [0.5, 0.6) is 5.75 Å². The number of aryl methyl sites for hydroxylation is 2. The molecule has 168 valence electrons. The van der Waals surface area contributed by atoms with Gasteiger partial charge in [-0.2, -0.15) is 0 Å². The van der Waals surface area contributed by atoms with Gasteiger partial charge in [-0.05, 0) is 80.4 Å². The molecule has 2 aromatic heterocycles. The van der Waals surface area contributed by atoms with Gasteiger partial charge in [-0.15, -0.1) is 10.2 Å². The molecule has 0 bridgehead atoms. The van der Waals surface area contributed by atoms with E-state index >= 15 is 0 Å². The molecular formula is C25H25N5O2S. The highest BCUT2D eigenvalue weighted by Gasteiger charge is 2.17. The number of amides is 1. The van der Waals surface area contributed by atoms with E-state index in [1.54, 1.807) is 12.4 Å². The maximum atomic E-state index is 12.6. The summed E-state index contributed by atoms with van der Waals surface area (Å²) in [5.41, 5.74) is 4.88. The number of nitrogens with zero attached hydrogens (tertiary/aromatic N) is 4. The average molecular weight is 460 g/mol. The topological polar surface area (TPSA) is 81.9 Å². The Bertz CT molecular complexity index is 1240. The number of thioether (sulfide) groups is 1. The van der Waals surface area contributed by atoms with Crippen molar-refractivity contribution in [3.8, 4) is 22.8 Å². The van der Waals surface area contributed by atoms with Crippen LogP contribution in [0.4, 0.5) is 5.69 Å². The van der Waals surface area contributed by atoms with E-state index in [0.29, 0.717) is 17.6 Å². The largest absolute Gasteiger partial charge is 0.494 e. The van der Waals surface area contributed by atoms with Gasteiger partial charge in [-0.3, -0.25) is 14.3 Å². The third-order valence-electron chi connectivity index (χ3n) is 5.10. The summed E-state index contributed by atoms with van der Waals surface area (Å²) in [6.07, 6.45) is 3.44. The summed E-state index contributed by atoms with van der Waals surface area (Å²) in [5.74, 6) is 1.58. The van der Waals surface area contributed by atoms with Crippen LogP contribution in [0.15, 0.2) is 72.1 Å². The highest BCUT2D eigenvalue weighted by atomic mass is 32.2. The zero-order valence-corrected chi connectivity index (χ0v) is 19.6. The van der Waals surface area contributed by atoms with E-state index in [9.17, 15) is 4.79 Å². The minimum absolute atomic E-state index is 0.102. The molecule has 2 heterocycles. The second-order valence-corrected chi connectivity index (χ2v) is 8.38. The molecule has 1 amide bonds. The first kappa shape index (κ1) is 22.5. The van der Waals surface area contributed by atoms with Gasteiger partial charge in [0, 0.05) is 29.3 Å². The van der Waals surface area contributed by atoms with Gasteiger partial charge in [-0.1, -0.05) is 17.8 Å². The molecule has 4 rings (SSSR count). The summed E-state index contributed by atoms with van der Waals surface area (Å²) >= 11 is 1.34. The summed E-state index contributed by atoms with van der Waals surface area (Å²) in [6, 6.07) is 17.4. The highest BCUT2D eigenvalue weighted by Crippen LogP contribution is 2.29. The Balaban J connectivity index is 1.57. The van der Waals surface area contributed by atoms with Crippen molar-refractivity contribution in [1.29, 1.82) is 0 Å². The van der Waals surface area contributed by atoms with Crippen molar-refractivity contribution >= 4 is 23.4 Å². The number of carbonyl (C=O) groups is 1. The van der Waals surface area contributed by atoms with Crippen LogP contribution in [0.25, 0.3) is 17.1 Å². The summed E-state index contributed by atoms with van der Waals surface area (Å²) < 4.78 is 7.51. The number of hydrogen-bond acceptors (Lipinski definition) is 6. The molecule has 8 heteroatoms. The first-order valence-electron chi connectivity index (χ1n) is 10.6. The molecule has 0 atom stereocenters. The second kappa shape index (κ2) is 10.3. The van der Waals surface area contributed by atoms with E-state index in [-0.39, 0.29) is 11.7 Å². The van der Waals surface area contributed by atoms with Gasteiger partial charge in [0.15, 0.2) is 11.0 Å². The molecule has 0 saturated heterocycles. The molecule has 0 saturated carbocycles. The Morgan fingerprint density at radius 2 is 1.76 bits per heavy atom. The predicted molar refractivity (Wildman–Crippen MR) is 131 cm³/mol. The van der Waals surface area contributed by atoms with Crippen molar-refractivity contribution in [3.05, 3.63) is 78.1 Å². The van der Waals surface area contributed by atoms with Crippen molar-refractivity contribution in [2.45, 2.75) is 25.9 Å². The fourth-order valence-corrected chi connectivity index (χ4v) is 4.04. The molecular weight excluding hydrogens is 434 g/mol. The lowest BCUT2D eigenvalue weighted by Crippen LogP contribution is -2.14. The lowest BCUT2D eigenvalue weighted by Gasteiger charge is -2.12. The molecule has 7 nitrogen and oxygen atoms in total. The number of pyridine rings is 1. The van der Waals surface area contributed by atoms with Crippen LogP contribution in [-0.2, 0) is 4.79 Å². The third-order valence-corrected chi connectivity index (χ3v) is 6.03. The smallest absolute Gasteiger partial charge is 0.234 e. The van der Waals surface area contributed by atoms with E-state index < -0.39 is 0 Å². The molecule has 0 aliphatic rings. The Morgan fingerprint density at radius 3 is 2.45 bits per heavy atom. The van der Waals surface area contributed by atoms with Crippen LogP contribution in [0, 0.1) is 13.8 Å². The SMILES string of the molecule is CCOc1ccc(-n2c(SCC(=O)Nc3ccc(C)c(C)c3)nnc2-c2ccncc2)cc1. The lowest BCUT2D eigenvalue weighted by molar-refractivity contribution is -0.113. The van der Waals surface area contributed by atoms with Crippen molar-refractivity contribution in [3.63, 3.8) is 0 Å². The monoisotopic (exact) mass is 459 g/mol. The number of ether oxygens (including phenoxy) is 1. The fourth-order valence-electron chi connectivity index (χ4n) is 3.29. The minimum Gasteiger partial charge on any atom is -0.494 e. The number of carbonyl (C=O) groups excluding carboxylic acids is 1. The number of rotatable bonds is 8. The zero-order chi connectivity index (χ0) is 23.2. The van der Waals surface area contributed by atoms with Gasteiger partial charge >= 0.3 is 0 Å². The summed E-state index contributed by atoms with van der Waals surface area (Å²) in [5, 5.41) is 12.4. The number of hydrogen-bond donors (Lipinski definition) is 1. The first-order valence-corrected chi connectivity index (χ1v) is 11.6. The molecule has 2 aromatic carbocycles. The summed E-state index contributed by atoms with van der Waals surface area (Å²) in [6.45, 7) is 6.63. The molecule has 1 N–H and O–H groups in total. The van der Waals surface area contributed by atoms with Crippen molar-refractivity contribution in [2.75, 3.05) is 17.7 Å². The van der Waals surface area contributed by atoms with Crippen LogP contribution >= 0.6 is 11.8 Å². The number of nitrogens with one attached hydrogen (secondary N) is 1. The second-order valence-electron chi connectivity index (χ2n) is 7.44. The molecule has 0 aliphatic carbocycles. The Hall–Kier alpha value is -3.65. The van der Waals surface area contributed by atoms with Gasteiger partial charge in [0.1, 0.15) is 5.75 Å². The molecule has 0 aliphatic heterocycles. The Labute approximate surface area is 197 Å². The lowest BCUT2D eigenvalue weighted by atomic mass is 10.1. The Kier molecular flexibility index (Phi) is 7.04. The Morgan fingerprint density at radius 1 is 1.00 bits per heavy atom. The van der Waals surface area contributed by atoms with Crippen LogP contribution in [0.3, 0.4) is 0 Å². The molecule has 33 heavy (non-hydrogen) atoms. The first-order chi connectivity index (χ1) is 16.0. The third kappa shape index (κ3) is 5.40. The van der Waals surface area contributed by atoms with Crippen LogP contribution in [0.2, 0.25) is 0 Å². The summed E-state index contributed by atoms with van der Waals surface area (Å²) in [7, 11) is 0. The fraction of sp³-hybridized carbons (Fsp3) is 0.200. The zero-order valence-electron chi connectivity index (χ0n) is 18.8. The minimum atomic E-state index is -0.102. The summed E-state index contributed by atoms with van der Waals surface area (Å²) in [4.78, 5) is 16.7. The van der Waals surface area contributed by atoms with Gasteiger partial charge in [0.25, 0.3) is 0 Å². The maximum absolute atomic E-state index is 12.6. The van der Waals surface area contributed by atoms with Crippen LogP contribution < -0.4 is 10.1 Å². The quantitative estimate of drug-likeness (QED) is 0.370. The van der Waals surface area contributed by atoms with Gasteiger partial charge in [0.05, 0.1) is 12.4 Å². The van der Waals surface area contributed by atoms with E-state index in [1.165, 1.54) is 17.3 Å². The van der Waals surface area contributed by atoms with Crippen molar-refractivity contribution in [2.24, 2.45) is 0 Å². The van der Waals surface area contributed by atoms with E-state index in [1.807, 2.05) is 79.9 Å². The number of aromatic nitrogens is 4. The van der Waals surface area contributed by atoms with Crippen LogP contribution in [0.1, 0.15) is 18.1 Å². The normalized spacial score (nSPS) is 10.8. The maximum Gasteiger partial charge on any atom is 0.234 e. The number of benzene rings is 2. The highest BCUT2D eigenvalue weighted by molar-refractivity contribution is 7.99. The molecule has 0 fully saturated rings. The molecule has 4 aromatic rings. The van der Waals surface area contributed by atoms with Crippen LogP contribution in [-0.4, -0.2) is 38.0 Å². The average Bonchev–Trinajstić information content (AvgIpc) is 3.25. The number of anilines is 1. The molecule has 0 spiro atoms. The van der Waals surface area contributed by atoms with E-state index in [2.05, 4.69) is 20.5 Å². The van der Waals surface area contributed by atoms with Gasteiger partial charge < -0.3 is 10.1 Å². The predicted octanol–water partition coefficient (Wildman–Crippen LogP) is 5.08. The van der Waals surface area contributed by atoms with E-state index in [0.717, 1.165) is 28.3 Å². The van der Waals surface area contributed by atoms with Gasteiger partial charge in [0.2, 0.25) is 5.91 Å². The van der Waals surface area contributed by atoms with Crippen molar-refractivity contribution in [1.82, 2.24) is 19.7 Å².